The van der Waals surface area contributed by atoms with Gasteiger partial charge in [0.05, 0.1) is 22.8 Å². The molecule has 0 aliphatic heterocycles. The van der Waals surface area contributed by atoms with Gasteiger partial charge in [-0.2, -0.15) is 0 Å². The Kier molecular flexibility index (Phi) is 10.1. The number of amides is 3. The Morgan fingerprint density at radius 3 is 2.22 bits per heavy atom. The maximum Gasteiger partial charge on any atom is 0.259 e. The molecule has 0 fully saturated rings. The minimum Gasteiger partial charge on any atom is -0.325 e. The van der Waals surface area contributed by atoms with Gasteiger partial charge in [-0.15, -0.1) is 0 Å². The fraction of sp³-hybridized carbons (Fsp3) is 0.259. The Labute approximate surface area is 220 Å². The third-order valence-corrected chi connectivity index (χ3v) is 5.54. The van der Waals surface area contributed by atoms with E-state index in [0.29, 0.717) is 22.8 Å². The van der Waals surface area contributed by atoms with Gasteiger partial charge in [0, 0.05) is 17.4 Å². The zero-order valence-electron chi connectivity index (χ0n) is 20.7. The summed E-state index contributed by atoms with van der Waals surface area (Å²) in [7, 11) is 0. The molecular formula is C27H29ClFN5O3. The molecule has 194 valence electrons. The van der Waals surface area contributed by atoms with Crippen LogP contribution in [0.5, 0.6) is 0 Å². The highest BCUT2D eigenvalue weighted by Gasteiger charge is 2.17. The molecule has 3 rings (SSSR count). The van der Waals surface area contributed by atoms with Gasteiger partial charge in [0.2, 0.25) is 5.91 Å². The van der Waals surface area contributed by atoms with Gasteiger partial charge in [0.25, 0.3) is 11.8 Å². The Balaban J connectivity index is 1.66. The number of nitrogens with one attached hydrogen (secondary N) is 3. The molecule has 3 aromatic rings. The molecule has 3 N–H and O–H groups in total. The van der Waals surface area contributed by atoms with E-state index in [2.05, 4.69) is 39.7 Å². The SMILES string of the molecule is CCCN(CCC)CC(=O)Nc1ccc(C(=O)Nc2ccc(F)cc2C(=O)Nc2ccc(Cl)cn2)cc1. The summed E-state index contributed by atoms with van der Waals surface area (Å²) >= 11 is 5.81. The number of rotatable bonds is 11. The van der Waals surface area contributed by atoms with E-state index in [-0.39, 0.29) is 23.0 Å². The smallest absolute Gasteiger partial charge is 0.259 e. The van der Waals surface area contributed by atoms with E-state index < -0.39 is 17.6 Å². The zero-order valence-corrected chi connectivity index (χ0v) is 21.4. The van der Waals surface area contributed by atoms with E-state index in [0.717, 1.165) is 38.1 Å². The van der Waals surface area contributed by atoms with Crippen LogP contribution in [0, 0.1) is 5.82 Å². The van der Waals surface area contributed by atoms with E-state index in [1.54, 1.807) is 30.3 Å². The molecule has 1 heterocycles. The minimum absolute atomic E-state index is 0.0716. The van der Waals surface area contributed by atoms with Crippen molar-refractivity contribution in [3.05, 3.63) is 82.8 Å². The summed E-state index contributed by atoms with van der Waals surface area (Å²) in [4.78, 5) is 44.1. The van der Waals surface area contributed by atoms with E-state index in [1.165, 1.54) is 18.3 Å². The quantitative estimate of drug-likeness (QED) is 0.309. The van der Waals surface area contributed by atoms with Gasteiger partial charge < -0.3 is 16.0 Å². The number of pyridine rings is 1. The van der Waals surface area contributed by atoms with Crippen LogP contribution in [0.3, 0.4) is 0 Å². The first-order valence-electron chi connectivity index (χ1n) is 11.9. The van der Waals surface area contributed by atoms with E-state index in [1.807, 2.05) is 0 Å². The Morgan fingerprint density at radius 1 is 0.892 bits per heavy atom. The number of halogens is 2. The molecule has 0 unspecified atom stereocenters. The van der Waals surface area contributed by atoms with Crippen molar-refractivity contribution >= 4 is 46.5 Å². The number of nitrogens with zero attached hydrogens (tertiary/aromatic N) is 2. The molecule has 0 radical (unpaired) electrons. The summed E-state index contributed by atoms with van der Waals surface area (Å²) < 4.78 is 13.9. The summed E-state index contributed by atoms with van der Waals surface area (Å²) in [5, 5.41) is 8.43. The third kappa shape index (κ3) is 8.37. The summed E-state index contributed by atoms with van der Waals surface area (Å²) in [6.07, 6.45) is 3.29. The zero-order chi connectivity index (χ0) is 26.8. The average molecular weight is 526 g/mol. The lowest BCUT2D eigenvalue weighted by atomic mass is 10.1. The first kappa shape index (κ1) is 27.8. The van der Waals surface area contributed by atoms with Gasteiger partial charge in [0.15, 0.2) is 0 Å². The van der Waals surface area contributed by atoms with Crippen molar-refractivity contribution in [2.75, 3.05) is 35.6 Å². The van der Waals surface area contributed by atoms with E-state index in [9.17, 15) is 18.8 Å². The number of carbonyl (C=O) groups is 3. The predicted octanol–water partition coefficient (Wildman–Crippen LogP) is 5.44. The molecule has 8 nitrogen and oxygen atoms in total. The van der Waals surface area contributed by atoms with Crippen molar-refractivity contribution in [3.8, 4) is 0 Å². The summed E-state index contributed by atoms with van der Waals surface area (Å²) in [5.41, 5.74) is 0.915. The standard InChI is InChI=1S/C27H29ClFN5O3/c1-3-13-34(14-4-2)17-25(35)31-21-9-5-18(6-10-21)26(36)32-23-11-8-20(29)15-22(23)27(37)33-24-12-7-19(28)16-30-24/h5-12,15-16H,3-4,13-14,17H2,1-2H3,(H,31,35)(H,32,36)(H,30,33,37). The highest BCUT2D eigenvalue weighted by atomic mass is 35.5. The molecule has 0 atom stereocenters. The molecule has 3 amide bonds. The summed E-state index contributed by atoms with van der Waals surface area (Å²) in [5.74, 6) is -1.69. The number of aromatic nitrogens is 1. The molecule has 37 heavy (non-hydrogen) atoms. The van der Waals surface area contributed by atoms with Crippen LogP contribution in [0.15, 0.2) is 60.8 Å². The Bertz CT molecular complexity index is 1230. The van der Waals surface area contributed by atoms with Crippen LogP contribution >= 0.6 is 11.6 Å². The van der Waals surface area contributed by atoms with E-state index in [4.69, 9.17) is 11.6 Å². The van der Waals surface area contributed by atoms with Crippen LogP contribution in [0.2, 0.25) is 5.02 Å². The van der Waals surface area contributed by atoms with Crippen molar-refractivity contribution in [3.63, 3.8) is 0 Å². The van der Waals surface area contributed by atoms with Crippen molar-refractivity contribution in [2.24, 2.45) is 0 Å². The van der Waals surface area contributed by atoms with Gasteiger partial charge >= 0.3 is 0 Å². The minimum atomic E-state index is -0.650. The van der Waals surface area contributed by atoms with Gasteiger partial charge in [-0.05, 0) is 80.5 Å². The molecule has 0 saturated heterocycles. The average Bonchev–Trinajstić information content (AvgIpc) is 2.87. The Hall–Kier alpha value is -3.82. The first-order chi connectivity index (χ1) is 17.8. The van der Waals surface area contributed by atoms with E-state index >= 15 is 0 Å². The van der Waals surface area contributed by atoms with Crippen molar-refractivity contribution in [1.29, 1.82) is 0 Å². The molecule has 10 heteroatoms. The predicted molar refractivity (Wildman–Crippen MR) is 144 cm³/mol. The second-order valence-corrected chi connectivity index (χ2v) is 8.80. The van der Waals surface area contributed by atoms with Gasteiger partial charge in [-0.1, -0.05) is 25.4 Å². The van der Waals surface area contributed by atoms with Crippen molar-refractivity contribution in [2.45, 2.75) is 26.7 Å². The lowest BCUT2D eigenvalue weighted by Crippen LogP contribution is -2.34. The molecule has 0 spiro atoms. The second kappa shape index (κ2) is 13.5. The highest BCUT2D eigenvalue weighted by molar-refractivity contribution is 6.30. The largest absolute Gasteiger partial charge is 0.325 e. The van der Waals surface area contributed by atoms with Crippen LogP contribution in [-0.4, -0.2) is 47.2 Å². The second-order valence-electron chi connectivity index (χ2n) is 8.36. The molecule has 0 saturated carbocycles. The number of hydrogen-bond acceptors (Lipinski definition) is 5. The molecule has 0 aliphatic rings. The third-order valence-electron chi connectivity index (χ3n) is 5.32. The first-order valence-corrected chi connectivity index (χ1v) is 12.3. The normalized spacial score (nSPS) is 10.7. The topological polar surface area (TPSA) is 103 Å². The number of carbonyl (C=O) groups excluding carboxylic acids is 3. The van der Waals surface area contributed by atoms with Crippen molar-refractivity contribution < 1.29 is 18.8 Å². The summed E-state index contributed by atoms with van der Waals surface area (Å²) in [6.45, 7) is 6.13. The number of anilines is 3. The van der Waals surface area contributed by atoms with Crippen LogP contribution < -0.4 is 16.0 Å². The van der Waals surface area contributed by atoms with Crippen LogP contribution in [-0.2, 0) is 4.79 Å². The number of hydrogen-bond donors (Lipinski definition) is 3. The fourth-order valence-electron chi connectivity index (χ4n) is 3.65. The molecular weight excluding hydrogens is 497 g/mol. The Morgan fingerprint density at radius 2 is 1.59 bits per heavy atom. The maximum absolute atomic E-state index is 13.9. The monoisotopic (exact) mass is 525 g/mol. The lowest BCUT2D eigenvalue weighted by Gasteiger charge is -2.20. The molecule has 1 aromatic heterocycles. The molecule has 2 aromatic carbocycles. The van der Waals surface area contributed by atoms with Crippen LogP contribution in [0.4, 0.5) is 21.6 Å². The maximum atomic E-state index is 13.9. The van der Waals surface area contributed by atoms with Crippen molar-refractivity contribution in [1.82, 2.24) is 9.88 Å². The van der Waals surface area contributed by atoms with Crippen LogP contribution in [0.25, 0.3) is 0 Å². The van der Waals surface area contributed by atoms with Crippen LogP contribution in [0.1, 0.15) is 47.4 Å². The summed E-state index contributed by atoms with van der Waals surface area (Å²) in [6, 6.07) is 12.9. The fourth-order valence-corrected chi connectivity index (χ4v) is 3.76. The molecule has 0 aliphatic carbocycles. The lowest BCUT2D eigenvalue weighted by molar-refractivity contribution is -0.117. The van der Waals surface area contributed by atoms with Gasteiger partial charge in [0.1, 0.15) is 11.6 Å². The molecule has 0 bridgehead atoms. The van der Waals surface area contributed by atoms with Gasteiger partial charge in [-0.3, -0.25) is 19.3 Å². The number of benzene rings is 2. The highest BCUT2D eigenvalue weighted by Crippen LogP contribution is 2.21. The van der Waals surface area contributed by atoms with Gasteiger partial charge in [-0.25, -0.2) is 9.37 Å².